The lowest BCUT2D eigenvalue weighted by Crippen LogP contribution is -2.61. The van der Waals surface area contributed by atoms with Crippen molar-refractivity contribution in [2.24, 2.45) is 11.3 Å². The van der Waals surface area contributed by atoms with Crippen LogP contribution in [0.15, 0.2) is 42.0 Å². The van der Waals surface area contributed by atoms with E-state index in [1.807, 2.05) is 78.8 Å². The molecule has 1 rings (SSSR count). The van der Waals surface area contributed by atoms with Crippen LogP contribution in [0, 0.1) is 11.3 Å². The van der Waals surface area contributed by atoms with E-state index in [-0.39, 0.29) is 30.4 Å². The van der Waals surface area contributed by atoms with E-state index < -0.39 is 28.9 Å². The monoisotopic (exact) mass is 535 g/mol. The van der Waals surface area contributed by atoms with E-state index in [1.54, 1.807) is 38.9 Å². The van der Waals surface area contributed by atoms with Gasteiger partial charge in [0.15, 0.2) is 0 Å². The number of ether oxygens (including phenoxy) is 1. The molecule has 1 N–H and O–H groups in total. The number of hydrogen-bond acceptors (Lipinski definition) is 5. The Hall–Kier alpha value is -2.38. The largest absolute Gasteiger partial charge is 0.463 e. The second-order valence-corrected chi connectivity index (χ2v) is 12.1. The van der Waals surface area contributed by atoms with Gasteiger partial charge in [-0.15, -0.1) is 0 Å². The number of hydrogen-bond donors (Lipinski definition) is 1. The third-order valence-electron chi connectivity index (χ3n) is 6.70. The minimum atomic E-state index is -0.826. The van der Waals surface area contributed by atoms with Crippen LogP contribution in [0.4, 0.5) is 0 Å². The van der Waals surface area contributed by atoms with Crippen molar-refractivity contribution < 1.29 is 19.1 Å². The minimum Gasteiger partial charge on any atom is -0.463 e. The molecule has 0 aliphatic rings. The molecule has 0 bridgehead atoms. The number of nitrogens with zero attached hydrogens (tertiary/aromatic N) is 2. The Morgan fingerprint density at radius 3 is 2.03 bits per heavy atom. The SMILES string of the molecule is CCOC(=O)/C(C)=C/[C@H](C(C)C)N(C)C(=O)C(NC(=O)[C@@H](N(C)Cl)C(C)(C)c1ccccc1)C(C)(C)C. The summed E-state index contributed by atoms with van der Waals surface area (Å²) in [6.45, 7) is 17.3. The van der Waals surface area contributed by atoms with Crippen molar-refractivity contribution in [3.05, 3.63) is 47.5 Å². The topological polar surface area (TPSA) is 79.0 Å². The zero-order valence-electron chi connectivity index (χ0n) is 24.4. The molecule has 1 unspecified atom stereocenters. The maximum atomic E-state index is 13.9. The summed E-state index contributed by atoms with van der Waals surface area (Å²) in [5.41, 5.74) is 0.163. The predicted octanol–water partition coefficient (Wildman–Crippen LogP) is 4.94. The van der Waals surface area contributed by atoms with Gasteiger partial charge in [0.1, 0.15) is 12.1 Å². The summed E-state index contributed by atoms with van der Waals surface area (Å²) in [6, 6.07) is 7.76. The summed E-state index contributed by atoms with van der Waals surface area (Å²) in [5.74, 6) is -0.979. The van der Waals surface area contributed by atoms with Gasteiger partial charge in [0.2, 0.25) is 11.8 Å². The van der Waals surface area contributed by atoms with Gasteiger partial charge in [-0.25, -0.2) is 9.21 Å². The average Bonchev–Trinajstić information content (AvgIpc) is 2.79. The number of halogens is 1. The van der Waals surface area contributed by atoms with Crippen LogP contribution in [0.1, 0.15) is 67.9 Å². The van der Waals surface area contributed by atoms with Crippen LogP contribution in [0.5, 0.6) is 0 Å². The number of esters is 1. The Bertz CT molecular complexity index is 952. The van der Waals surface area contributed by atoms with E-state index in [9.17, 15) is 14.4 Å². The van der Waals surface area contributed by atoms with Gasteiger partial charge < -0.3 is 15.0 Å². The molecule has 0 aliphatic carbocycles. The highest BCUT2D eigenvalue weighted by Crippen LogP contribution is 2.32. The molecule has 0 aliphatic heterocycles. The average molecular weight is 536 g/mol. The van der Waals surface area contributed by atoms with Gasteiger partial charge in [-0.3, -0.25) is 9.59 Å². The number of nitrogens with one attached hydrogen (secondary N) is 1. The highest BCUT2D eigenvalue weighted by Gasteiger charge is 2.43. The maximum Gasteiger partial charge on any atom is 0.333 e. The zero-order chi connectivity index (χ0) is 28.7. The maximum absolute atomic E-state index is 13.9. The lowest BCUT2D eigenvalue weighted by atomic mass is 9.76. The lowest BCUT2D eigenvalue weighted by molar-refractivity contribution is -0.141. The normalized spacial score (nSPS) is 15.2. The Morgan fingerprint density at radius 2 is 1.59 bits per heavy atom. The number of carbonyl (C=O) groups excluding carboxylic acids is 3. The number of carbonyl (C=O) groups is 3. The molecule has 2 amide bonds. The van der Waals surface area contributed by atoms with Crippen LogP contribution in [-0.2, 0) is 24.5 Å². The van der Waals surface area contributed by atoms with Gasteiger partial charge in [0.25, 0.3) is 0 Å². The Balaban J connectivity index is 3.35. The number of likely N-dealkylation sites (N-methyl/N-ethyl adjacent to an activating group) is 2. The molecule has 7 nitrogen and oxygen atoms in total. The molecular formula is C29H46ClN3O4. The van der Waals surface area contributed by atoms with Gasteiger partial charge in [-0.05, 0) is 42.5 Å². The van der Waals surface area contributed by atoms with E-state index in [1.165, 1.54) is 4.42 Å². The molecule has 37 heavy (non-hydrogen) atoms. The van der Waals surface area contributed by atoms with E-state index in [0.29, 0.717) is 5.57 Å². The molecule has 208 valence electrons. The number of rotatable bonds is 11. The van der Waals surface area contributed by atoms with Crippen molar-refractivity contribution in [1.29, 1.82) is 0 Å². The van der Waals surface area contributed by atoms with Gasteiger partial charge >= 0.3 is 5.97 Å². The number of amides is 2. The molecule has 8 heteroatoms. The second kappa shape index (κ2) is 13.4. The van der Waals surface area contributed by atoms with Crippen LogP contribution in [0.25, 0.3) is 0 Å². The zero-order valence-corrected chi connectivity index (χ0v) is 25.1. The molecule has 0 spiro atoms. The fraction of sp³-hybridized carbons (Fsp3) is 0.621. The van der Waals surface area contributed by atoms with Gasteiger partial charge in [0, 0.05) is 25.1 Å². The molecule has 0 saturated heterocycles. The lowest BCUT2D eigenvalue weighted by Gasteiger charge is -2.41. The molecule has 0 heterocycles. The molecule has 0 fully saturated rings. The van der Waals surface area contributed by atoms with E-state index in [4.69, 9.17) is 16.5 Å². The fourth-order valence-corrected chi connectivity index (χ4v) is 4.83. The summed E-state index contributed by atoms with van der Waals surface area (Å²) < 4.78 is 6.48. The first-order valence-corrected chi connectivity index (χ1v) is 13.2. The second-order valence-electron chi connectivity index (χ2n) is 11.6. The quantitative estimate of drug-likeness (QED) is 0.246. The van der Waals surface area contributed by atoms with Crippen LogP contribution >= 0.6 is 11.8 Å². The van der Waals surface area contributed by atoms with E-state index >= 15 is 0 Å². The van der Waals surface area contributed by atoms with Crippen LogP contribution < -0.4 is 5.32 Å². The molecular weight excluding hydrogens is 490 g/mol. The molecule has 3 atom stereocenters. The standard InChI is InChI=1S/C29H46ClN3O4/c1-12-37-27(36)20(4)18-22(19(2)3)32(10)26(35)23(28(5,6)7)31-25(34)24(33(11)30)29(8,9)21-16-14-13-15-17-21/h13-19,22-24H,12H2,1-11H3,(H,31,34)/b20-18+/t22-,23?,24-/m1/s1. The smallest absolute Gasteiger partial charge is 0.333 e. The Labute approximate surface area is 228 Å². The van der Waals surface area contributed by atoms with Gasteiger partial charge in [-0.1, -0.05) is 84.9 Å². The minimum absolute atomic E-state index is 0.0217. The summed E-state index contributed by atoms with van der Waals surface area (Å²) in [7, 11) is 3.35. The predicted molar refractivity (Wildman–Crippen MR) is 150 cm³/mol. The molecule has 1 aromatic rings. The van der Waals surface area contributed by atoms with Crippen molar-refractivity contribution in [1.82, 2.24) is 14.6 Å². The van der Waals surface area contributed by atoms with Crippen molar-refractivity contribution in [2.75, 3.05) is 20.7 Å². The van der Waals surface area contributed by atoms with Crippen LogP contribution in [0.3, 0.4) is 0 Å². The first-order chi connectivity index (χ1) is 17.0. The van der Waals surface area contributed by atoms with Gasteiger partial charge in [-0.2, -0.15) is 0 Å². The third-order valence-corrected chi connectivity index (χ3v) is 6.90. The summed E-state index contributed by atoms with van der Waals surface area (Å²) in [4.78, 5) is 41.4. The van der Waals surface area contributed by atoms with Crippen molar-refractivity contribution in [3.8, 4) is 0 Å². The van der Waals surface area contributed by atoms with E-state index in [2.05, 4.69) is 5.32 Å². The highest BCUT2D eigenvalue weighted by atomic mass is 35.5. The van der Waals surface area contributed by atoms with Crippen molar-refractivity contribution in [2.45, 2.75) is 85.9 Å². The first-order valence-electron chi connectivity index (χ1n) is 12.8. The molecule has 0 saturated carbocycles. The van der Waals surface area contributed by atoms with E-state index in [0.717, 1.165) is 5.56 Å². The molecule has 0 aromatic heterocycles. The summed E-state index contributed by atoms with van der Waals surface area (Å²) >= 11 is 6.44. The van der Waals surface area contributed by atoms with Gasteiger partial charge in [0.05, 0.1) is 12.6 Å². The number of benzene rings is 1. The molecule has 1 aromatic carbocycles. The fourth-order valence-electron chi connectivity index (χ4n) is 4.50. The Kier molecular flexibility index (Phi) is 11.8. The van der Waals surface area contributed by atoms with Crippen molar-refractivity contribution >= 4 is 29.6 Å². The van der Waals surface area contributed by atoms with Crippen LogP contribution in [0.2, 0.25) is 0 Å². The highest BCUT2D eigenvalue weighted by molar-refractivity contribution is 6.15. The summed E-state index contributed by atoms with van der Waals surface area (Å²) in [5, 5.41) is 3.02. The first kappa shape index (κ1) is 32.6. The van der Waals surface area contributed by atoms with Crippen molar-refractivity contribution in [3.63, 3.8) is 0 Å². The Morgan fingerprint density at radius 1 is 1.05 bits per heavy atom. The third kappa shape index (κ3) is 8.57. The van der Waals surface area contributed by atoms with Crippen LogP contribution in [-0.4, -0.2) is 65.9 Å². The summed E-state index contributed by atoms with van der Waals surface area (Å²) in [6.07, 6.45) is 1.76. The molecule has 0 radical (unpaired) electrons.